The summed E-state index contributed by atoms with van der Waals surface area (Å²) in [4.78, 5) is 12.7. The number of carbonyl (C=O) groups is 1. The van der Waals surface area contributed by atoms with Gasteiger partial charge < -0.3 is 19.2 Å². The smallest absolute Gasteiger partial charge is 0.291 e. The molecule has 0 atom stereocenters. The summed E-state index contributed by atoms with van der Waals surface area (Å²) in [5.41, 5.74) is 1.85. The Morgan fingerprint density at radius 1 is 1.12 bits per heavy atom. The van der Waals surface area contributed by atoms with Crippen molar-refractivity contribution in [1.29, 1.82) is 0 Å². The molecule has 3 rings (SSSR count). The summed E-state index contributed by atoms with van der Waals surface area (Å²) in [6, 6.07) is 10.7. The average Bonchev–Trinajstić information content (AvgIpc) is 2.96. The van der Waals surface area contributed by atoms with E-state index in [9.17, 15) is 4.79 Å². The fourth-order valence-electron chi connectivity index (χ4n) is 2.74. The Balaban J connectivity index is 1.89. The molecule has 0 aliphatic rings. The monoisotopic (exact) mass is 373 g/mol. The Morgan fingerprint density at radius 2 is 1.85 bits per heavy atom. The minimum Gasteiger partial charge on any atom is -0.490 e. The summed E-state index contributed by atoms with van der Waals surface area (Å²) in [5, 5.41) is 4.14. The van der Waals surface area contributed by atoms with E-state index >= 15 is 0 Å². The van der Waals surface area contributed by atoms with Gasteiger partial charge in [0.25, 0.3) is 5.91 Å². The van der Waals surface area contributed by atoms with Crippen LogP contribution < -0.4 is 14.8 Å². The van der Waals surface area contributed by atoms with E-state index in [1.54, 1.807) is 24.3 Å². The summed E-state index contributed by atoms with van der Waals surface area (Å²) < 4.78 is 16.8. The molecule has 3 aromatic rings. The second-order valence-corrected chi connectivity index (χ2v) is 6.06. The van der Waals surface area contributed by atoms with Crippen LogP contribution in [0.4, 0.5) is 5.69 Å². The number of para-hydroxylation sites is 1. The lowest BCUT2D eigenvalue weighted by molar-refractivity contribution is 0.0998. The lowest BCUT2D eigenvalue weighted by atomic mass is 10.1. The Bertz CT molecular complexity index is 948. The van der Waals surface area contributed by atoms with Crippen LogP contribution in [-0.4, -0.2) is 19.1 Å². The number of halogens is 1. The molecule has 0 radical (unpaired) electrons. The Kier molecular flexibility index (Phi) is 5.38. The largest absolute Gasteiger partial charge is 0.490 e. The molecule has 2 aromatic carbocycles. The van der Waals surface area contributed by atoms with Crippen molar-refractivity contribution in [2.45, 2.75) is 20.8 Å². The number of carbonyl (C=O) groups excluding carboxylic acids is 1. The minimum absolute atomic E-state index is 0.236. The number of aryl methyl sites for hydroxylation is 1. The third-order valence-corrected chi connectivity index (χ3v) is 4.22. The minimum atomic E-state index is -0.346. The molecule has 1 amide bonds. The fourth-order valence-corrected chi connectivity index (χ4v) is 2.96. The van der Waals surface area contributed by atoms with Gasteiger partial charge in [-0.05, 0) is 39.0 Å². The zero-order valence-corrected chi connectivity index (χ0v) is 15.6. The van der Waals surface area contributed by atoms with Crippen LogP contribution in [-0.2, 0) is 0 Å². The Hall–Kier alpha value is -2.66. The van der Waals surface area contributed by atoms with E-state index in [1.165, 1.54) is 0 Å². The molecule has 5 nitrogen and oxygen atoms in total. The summed E-state index contributed by atoms with van der Waals surface area (Å²) in [5.74, 6) is 1.11. The first-order valence-corrected chi connectivity index (χ1v) is 8.81. The fraction of sp³-hybridized carbons (Fsp3) is 0.250. The summed E-state index contributed by atoms with van der Waals surface area (Å²) in [7, 11) is 0. The quantitative estimate of drug-likeness (QED) is 0.624. The molecule has 1 aromatic heterocycles. The molecule has 0 aliphatic carbocycles. The second-order valence-electron chi connectivity index (χ2n) is 5.65. The van der Waals surface area contributed by atoms with Gasteiger partial charge in [0.1, 0.15) is 0 Å². The maximum Gasteiger partial charge on any atom is 0.291 e. The molecule has 1 N–H and O–H groups in total. The molecular formula is C20H20ClNO4. The van der Waals surface area contributed by atoms with Crippen LogP contribution in [0.25, 0.3) is 11.0 Å². The van der Waals surface area contributed by atoms with Gasteiger partial charge in [-0.3, -0.25) is 4.79 Å². The lowest BCUT2D eigenvalue weighted by Crippen LogP contribution is -2.12. The summed E-state index contributed by atoms with van der Waals surface area (Å²) in [6.07, 6.45) is 0. The third-order valence-electron chi connectivity index (χ3n) is 3.92. The number of hydrogen-bond acceptors (Lipinski definition) is 4. The van der Waals surface area contributed by atoms with Crippen molar-refractivity contribution in [3.8, 4) is 11.5 Å². The standard InChI is InChI=1S/C20H20ClNO4/c1-4-24-16-10-9-13(11-17(16)25-5-2)22-20(23)18-12(3)14-7-6-8-15(21)19(14)26-18/h6-11H,4-5H2,1-3H3,(H,22,23). The molecule has 0 aliphatic heterocycles. The first-order chi connectivity index (χ1) is 12.5. The molecular weight excluding hydrogens is 354 g/mol. The molecule has 136 valence electrons. The average molecular weight is 374 g/mol. The van der Waals surface area contributed by atoms with E-state index in [4.69, 9.17) is 25.5 Å². The van der Waals surface area contributed by atoms with E-state index in [0.29, 0.717) is 41.0 Å². The summed E-state index contributed by atoms with van der Waals surface area (Å²) in [6.45, 7) is 6.66. The highest BCUT2D eigenvalue weighted by molar-refractivity contribution is 6.35. The Morgan fingerprint density at radius 3 is 2.54 bits per heavy atom. The maximum absolute atomic E-state index is 12.7. The number of benzene rings is 2. The molecule has 1 heterocycles. The number of amides is 1. The molecule has 0 spiro atoms. The van der Waals surface area contributed by atoms with Crippen molar-refractivity contribution < 1.29 is 18.7 Å². The van der Waals surface area contributed by atoms with Gasteiger partial charge in [-0.1, -0.05) is 23.7 Å². The van der Waals surface area contributed by atoms with Gasteiger partial charge in [-0.2, -0.15) is 0 Å². The van der Waals surface area contributed by atoms with Crippen LogP contribution in [0, 0.1) is 6.92 Å². The van der Waals surface area contributed by atoms with Crippen LogP contribution in [0.15, 0.2) is 40.8 Å². The number of hydrogen-bond donors (Lipinski definition) is 1. The number of nitrogens with one attached hydrogen (secondary N) is 1. The van der Waals surface area contributed by atoms with Crippen molar-refractivity contribution in [2.24, 2.45) is 0 Å². The highest BCUT2D eigenvalue weighted by Gasteiger charge is 2.19. The van der Waals surface area contributed by atoms with Gasteiger partial charge in [-0.25, -0.2) is 0 Å². The van der Waals surface area contributed by atoms with E-state index in [1.807, 2.05) is 32.9 Å². The highest BCUT2D eigenvalue weighted by atomic mass is 35.5. The lowest BCUT2D eigenvalue weighted by Gasteiger charge is -2.12. The Labute approximate surface area is 156 Å². The number of rotatable bonds is 6. The molecule has 0 saturated carbocycles. The van der Waals surface area contributed by atoms with E-state index < -0.39 is 0 Å². The zero-order valence-electron chi connectivity index (χ0n) is 14.9. The number of ether oxygens (including phenoxy) is 2. The molecule has 0 bridgehead atoms. The van der Waals surface area contributed by atoms with E-state index in [-0.39, 0.29) is 11.7 Å². The molecule has 0 fully saturated rings. The molecule has 0 saturated heterocycles. The van der Waals surface area contributed by atoms with E-state index in [2.05, 4.69) is 5.32 Å². The topological polar surface area (TPSA) is 60.7 Å². The van der Waals surface area contributed by atoms with Crippen molar-refractivity contribution in [3.05, 3.63) is 52.7 Å². The molecule has 0 unspecified atom stereocenters. The predicted octanol–water partition coefficient (Wildman–Crippen LogP) is 5.44. The van der Waals surface area contributed by atoms with Gasteiger partial charge in [-0.15, -0.1) is 0 Å². The number of anilines is 1. The highest BCUT2D eigenvalue weighted by Crippen LogP contribution is 2.33. The van der Waals surface area contributed by atoms with Gasteiger partial charge in [0, 0.05) is 22.7 Å². The maximum atomic E-state index is 12.7. The molecule has 6 heteroatoms. The van der Waals surface area contributed by atoms with Gasteiger partial charge >= 0.3 is 0 Å². The van der Waals surface area contributed by atoms with Gasteiger partial charge in [0.15, 0.2) is 22.8 Å². The van der Waals surface area contributed by atoms with Crippen molar-refractivity contribution in [1.82, 2.24) is 0 Å². The van der Waals surface area contributed by atoms with Gasteiger partial charge in [0.2, 0.25) is 0 Å². The van der Waals surface area contributed by atoms with Crippen LogP contribution >= 0.6 is 11.6 Å². The second kappa shape index (κ2) is 7.70. The SMILES string of the molecule is CCOc1ccc(NC(=O)c2oc3c(Cl)cccc3c2C)cc1OCC. The van der Waals surface area contributed by atoms with Crippen LogP contribution in [0.3, 0.4) is 0 Å². The predicted molar refractivity (Wildman–Crippen MR) is 103 cm³/mol. The van der Waals surface area contributed by atoms with Gasteiger partial charge in [0.05, 0.1) is 18.2 Å². The first-order valence-electron chi connectivity index (χ1n) is 8.43. The van der Waals surface area contributed by atoms with Crippen LogP contribution in [0.5, 0.6) is 11.5 Å². The normalized spacial score (nSPS) is 10.8. The number of furan rings is 1. The first kappa shape index (κ1) is 18.1. The summed E-state index contributed by atoms with van der Waals surface area (Å²) >= 11 is 6.15. The third kappa shape index (κ3) is 3.48. The van der Waals surface area contributed by atoms with Crippen molar-refractivity contribution in [3.63, 3.8) is 0 Å². The zero-order chi connectivity index (χ0) is 18.7. The van der Waals surface area contributed by atoms with Crippen molar-refractivity contribution in [2.75, 3.05) is 18.5 Å². The number of fused-ring (bicyclic) bond motifs is 1. The van der Waals surface area contributed by atoms with Crippen molar-refractivity contribution >= 4 is 34.2 Å². The van der Waals surface area contributed by atoms with Crippen LogP contribution in [0.2, 0.25) is 5.02 Å². The molecule has 26 heavy (non-hydrogen) atoms. The van der Waals surface area contributed by atoms with E-state index in [0.717, 1.165) is 10.9 Å². The van der Waals surface area contributed by atoms with Crippen LogP contribution in [0.1, 0.15) is 30.0 Å².